The van der Waals surface area contributed by atoms with Crippen molar-refractivity contribution >= 4 is 38.7 Å². The quantitative estimate of drug-likeness (QED) is 0.577. The summed E-state index contributed by atoms with van der Waals surface area (Å²) in [4.78, 5) is 10.0. The van der Waals surface area contributed by atoms with E-state index < -0.39 is 0 Å². The van der Waals surface area contributed by atoms with Crippen LogP contribution in [0.3, 0.4) is 0 Å². The predicted molar refractivity (Wildman–Crippen MR) is 93.6 cm³/mol. The van der Waals surface area contributed by atoms with Gasteiger partial charge in [0.15, 0.2) is 0 Å². The van der Waals surface area contributed by atoms with Gasteiger partial charge in [-0.3, -0.25) is 0 Å². The van der Waals surface area contributed by atoms with Crippen LogP contribution in [0.25, 0.3) is 10.2 Å². The molecular weight excluding hydrogens is 310 g/mol. The van der Waals surface area contributed by atoms with E-state index in [1.54, 1.807) is 29.0 Å². The third-order valence-corrected chi connectivity index (χ3v) is 5.33. The first kappa shape index (κ1) is 13.4. The van der Waals surface area contributed by atoms with Crippen molar-refractivity contribution in [2.24, 2.45) is 0 Å². The molecule has 3 aromatic heterocycles. The van der Waals surface area contributed by atoms with Crippen LogP contribution in [0.5, 0.6) is 0 Å². The summed E-state index contributed by atoms with van der Waals surface area (Å²) in [6.07, 6.45) is 1.62. The molecule has 1 aromatic carbocycles. The standard InChI is InChI=1S/C17H13N3S2/c1-2-5-12(6-3-1)15(14-7-4-9-21-14)20-17-16-13(8-10-22-16)18-11-19-17/h1-11,15H,(H,18,19,20)/t15-/m0/s1. The van der Waals surface area contributed by atoms with Gasteiger partial charge < -0.3 is 5.32 Å². The van der Waals surface area contributed by atoms with Crippen LogP contribution in [-0.2, 0) is 0 Å². The molecule has 1 atom stereocenters. The molecule has 0 aliphatic rings. The minimum atomic E-state index is 0.0985. The maximum absolute atomic E-state index is 4.45. The van der Waals surface area contributed by atoms with Crippen molar-refractivity contribution in [3.8, 4) is 0 Å². The number of nitrogens with one attached hydrogen (secondary N) is 1. The lowest BCUT2D eigenvalue weighted by atomic mass is 10.1. The van der Waals surface area contributed by atoms with Gasteiger partial charge in [-0.05, 0) is 28.5 Å². The highest BCUT2D eigenvalue weighted by atomic mass is 32.1. The van der Waals surface area contributed by atoms with Crippen LogP contribution >= 0.6 is 22.7 Å². The van der Waals surface area contributed by atoms with Crippen LogP contribution < -0.4 is 5.32 Å². The summed E-state index contributed by atoms with van der Waals surface area (Å²) in [6, 6.07) is 16.8. The Bertz CT molecular complexity index is 869. The first-order valence-electron chi connectivity index (χ1n) is 6.95. The Morgan fingerprint density at radius 2 is 1.77 bits per heavy atom. The summed E-state index contributed by atoms with van der Waals surface area (Å²) in [7, 11) is 0. The Kier molecular flexibility index (Phi) is 3.58. The van der Waals surface area contributed by atoms with E-state index in [-0.39, 0.29) is 6.04 Å². The van der Waals surface area contributed by atoms with Gasteiger partial charge in [-0.2, -0.15) is 0 Å². The number of nitrogens with zero attached hydrogens (tertiary/aromatic N) is 2. The van der Waals surface area contributed by atoms with Crippen LogP contribution in [0.15, 0.2) is 65.6 Å². The fourth-order valence-corrected chi connectivity index (χ4v) is 4.05. The van der Waals surface area contributed by atoms with E-state index in [1.165, 1.54) is 10.4 Å². The van der Waals surface area contributed by atoms with E-state index in [2.05, 4.69) is 57.1 Å². The van der Waals surface area contributed by atoms with Gasteiger partial charge in [-0.15, -0.1) is 22.7 Å². The van der Waals surface area contributed by atoms with Gasteiger partial charge in [-0.1, -0.05) is 36.4 Å². The second-order valence-electron chi connectivity index (χ2n) is 4.86. The molecule has 0 saturated heterocycles. The molecule has 108 valence electrons. The molecule has 22 heavy (non-hydrogen) atoms. The third-order valence-electron chi connectivity index (χ3n) is 3.48. The second-order valence-corrected chi connectivity index (χ2v) is 6.76. The summed E-state index contributed by atoms with van der Waals surface area (Å²) in [5, 5.41) is 7.75. The normalized spacial score (nSPS) is 12.4. The van der Waals surface area contributed by atoms with E-state index in [1.807, 2.05) is 17.5 Å². The van der Waals surface area contributed by atoms with E-state index in [4.69, 9.17) is 0 Å². The fourth-order valence-electron chi connectivity index (χ4n) is 2.45. The topological polar surface area (TPSA) is 37.8 Å². The first-order valence-corrected chi connectivity index (χ1v) is 8.71. The molecule has 5 heteroatoms. The Balaban J connectivity index is 1.77. The number of hydrogen-bond donors (Lipinski definition) is 1. The molecule has 3 nitrogen and oxygen atoms in total. The lowest BCUT2D eigenvalue weighted by Crippen LogP contribution is -2.12. The van der Waals surface area contributed by atoms with E-state index in [9.17, 15) is 0 Å². The van der Waals surface area contributed by atoms with Crippen molar-refractivity contribution in [1.82, 2.24) is 9.97 Å². The number of fused-ring (bicyclic) bond motifs is 1. The molecule has 0 aliphatic heterocycles. The summed E-state index contributed by atoms with van der Waals surface area (Å²) >= 11 is 3.41. The number of hydrogen-bond acceptors (Lipinski definition) is 5. The van der Waals surface area contributed by atoms with E-state index in [0.29, 0.717) is 0 Å². The summed E-state index contributed by atoms with van der Waals surface area (Å²) < 4.78 is 1.10. The van der Waals surface area contributed by atoms with Crippen molar-refractivity contribution in [2.75, 3.05) is 5.32 Å². The van der Waals surface area contributed by atoms with Crippen LogP contribution in [-0.4, -0.2) is 9.97 Å². The number of rotatable bonds is 4. The summed E-state index contributed by atoms with van der Waals surface area (Å²) in [6.45, 7) is 0. The number of benzene rings is 1. The molecule has 0 spiro atoms. The van der Waals surface area contributed by atoms with Gasteiger partial charge in [0.05, 0.1) is 16.3 Å². The van der Waals surface area contributed by atoms with Gasteiger partial charge >= 0.3 is 0 Å². The predicted octanol–water partition coefficient (Wildman–Crippen LogP) is 4.95. The van der Waals surface area contributed by atoms with Gasteiger partial charge in [0.1, 0.15) is 12.1 Å². The average Bonchev–Trinajstić information content (AvgIpc) is 3.25. The van der Waals surface area contributed by atoms with Crippen LogP contribution in [0.2, 0.25) is 0 Å². The zero-order valence-electron chi connectivity index (χ0n) is 11.6. The van der Waals surface area contributed by atoms with Crippen molar-refractivity contribution in [2.45, 2.75) is 6.04 Å². The minimum absolute atomic E-state index is 0.0985. The lowest BCUT2D eigenvalue weighted by Gasteiger charge is -2.19. The minimum Gasteiger partial charge on any atom is -0.357 e. The molecule has 0 aliphatic carbocycles. The van der Waals surface area contributed by atoms with Gasteiger partial charge in [0, 0.05) is 4.88 Å². The van der Waals surface area contributed by atoms with E-state index in [0.717, 1.165) is 16.0 Å². The van der Waals surface area contributed by atoms with Gasteiger partial charge in [-0.25, -0.2) is 9.97 Å². The smallest absolute Gasteiger partial charge is 0.148 e. The third kappa shape index (κ3) is 2.49. The Labute approximate surface area is 136 Å². The number of anilines is 1. The molecule has 4 aromatic rings. The Hall–Kier alpha value is -2.24. The van der Waals surface area contributed by atoms with Crippen molar-refractivity contribution < 1.29 is 0 Å². The summed E-state index contributed by atoms with van der Waals surface area (Å²) in [5.74, 6) is 0.891. The maximum Gasteiger partial charge on any atom is 0.148 e. The SMILES string of the molecule is c1ccc([C@H](Nc2ncnc3ccsc23)c2cccs2)cc1. The fraction of sp³-hybridized carbons (Fsp3) is 0.0588. The van der Waals surface area contributed by atoms with E-state index >= 15 is 0 Å². The van der Waals surface area contributed by atoms with Crippen molar-refractivity contribution in [1.29, 1.82) is 0 Å². The van der Waals surface area contributed by atoms with Crippen molar-refractivity contribution in [3.05, 3.63) is 76.1 Å². The zero-order valence-corrected chi connectivity index (χ0v) is 13.3. The monoisotopic (exact) mass is 323 g/mol. The Morgan fingerprint density at radius 3 is 2.59 bits per heavy atom. The molecule has 0 saturated carbocycles. The van der Waals surface area contributed by atoms with Gasteiger partial charge in [0.2, 0.25) is 0 Å². The lowest BCUT2D eigenvalue weighted by molar-refractivity contribution is 0.952. The molecule has 4 rings (SSSR count). The van der Waals surface area contributed by atoms with Crippen molar-refractivity contribution in [3.63, 3.8) is 0 Å². The van der Waals surface area contributed by atoms with Crippen LogP contribution in [0, 0.1) is 0 Å². The average molecular weight is 323 g/mol. The highest BCUT2D eigenvalue weighted by molar-refractivity contribution is 7.17. The molecular formula is C17H13N3S2. The maximum atomic E-state index is 4.45. The molecule has 0 radical (unpaired) electrons. The second kappa shape index (κ2) is 5.87. The highest BCUT2D eigenvalue weighted by Gasteiger charge is 2.17. The molecule has 0 amide bonds. The van der Waals surface area contributed by atoms with Crippen LogP contribution in [0.1, 0.15) is 16.5 Å². The molecule has 0 unspecified atom stereocenters. The first-order chi connectivity index (χ1) is 10.9. The number of aromatic nitrogens is 2. The largest absolute Gasteiger partial charge is 0.357 e. The summed E-state index contributed by atoms with van der Waals surface area (Å²) in [5.41, 5.74) is 2.22. The number of thiophene rings is 2. The van der Waals surface area contributed by atoms with Gasteiger partial charge in [0.25, 0.3) is 0 Å². The Morgan fingerprint density at radius 1 is 0.864 bits per heavy atom. The zero-order chi connectivity index (χ0) is 14.8. The van der Waals surface area contributed by atoms with Crippen LogP contribution in [0.4, 0.5) is 5.82 Å². The highest BCUT2D eigenvalue weighted by Crippen LogP contribution is 2.32. The molecule has 0 fully saturated rings. The molecule has 0 bridgehead atoms. The molecule has 3 heterocycles. The molecule has 1 N–H and O–H groups in total.